The van der Waals surface area contributed by atoms with Gasteiger partial charge in [0.2, 0.25) is 0 Å². The van der Waals surface area contributed by atoms with E-state index in [4.69, 9.17) is 0 Å². The number of amidine groups is 1. The van der Waals surface area contributed by atoms with Crippen LogP contribution in [0.15, 0.2) is 52.5 Å². The van der Waals surface area contributed by atoms with E-state index in [0.29, 0.717) is 17.0 Å². The molecule has 1 amide bonds. The Morgan fingerprint density at radius 2 is 1.88 bits per heavy atom. The monoisotopic (exact) mass is 472 g/mol. The van der Waals surface area contributed by atoms with Crippen LogP contribution in [0.2, 0.25) is 0 Å². The Balaban J connectivity index is 1.55. The van der Waals surface area contributed by atoms with Crippen LogP contribution >= 0.6 is 11.8 Å². The number of alkyl halides is 3. The number of halogens is 3. The highest BCUT2D eigenvalue weighted by molar-refractivity contribution is 8.18. The van der Waals surface area contributed by atoms with Crippen molar-refractivity contribution in [2.45, 2.75) is 33.5 Å². The minimum absolute atomic E-state index is 0.240. The van der Waals surface area contributed by atoms with Crippen molar-refractivity contribution in [3.05, 3.63) is 69.8 Å². The summed E-state index contributed by atoms with van der Waals surface area (Å²) < 4.78 is 40.6. The molecule has 33 heavy (non-hydrogen) atoms. The van der Waals surface area contributed by atoms with E-state index in [0.717, 1.165) is 52.4 Å². The molecule has 1 aromatic heterocycles. The van der Waals surface area contributed by atoms with Crippen molar-refractivity contribution in [3.8, 4) is 0 Å². The maximum atomic E-state index is 12.9. The highest BCUT2D eigenvalue weighted by Gasteiger charge is 2.30. The third-order valence-electron chi connectivity index (χ3n) is 5.60. The van der Waals surface area contributed by atoms with Gasteiger partial charge in [-0.05, 0) is 79.6 Å². The molecular formula is C24H23F3N4OS. The summed E-state index contributed by atoms with van der Waals surface area (Å²) in [6.07, 6.45) is -0.815. The van der Waals surface area contributed by atoms with Crippen LogP contribution in [0.25, 0.3) is 17.0 Å². The third-order valence-corrected chi connectivity index (χ3v) is 6.64. The first-order valence-electron chi connectivity index (χ1n) is 10.6. The molecule has 4 rings (SSSR count). The Morgan fingerprint density at radius 1 is 1.12 bits per heavy atom. The van der Waals surface area contributed by atoms with E-state index in [9.17, 15) is 18.0 Å². The number of amides is 1. The van der Waals surface area contributed by atoms with E-state index in [1.54, 1.807) is 17.8 Å². The van der Waals surface area contributed by atoms with Crippen LogP contribution < -0.4 is 0 Å². The molecule has 1 aliphatic rings. The van der Waals surface area contributed by atoms with Gasteiger partial charge in [-0.2, -0.15) is 23.3 Å². The van der Waals surface area contributed by atoms with Gasteiger partial charge in [-0.3, -0.25) is 9.48 Å². The number of hydrogen-bond acceptors (Lipinski definition) is 4. The number of thioether (sulfide) groups is 1. The molecule has 0 radical (unpaired) electrons. The maximum absolute atomic E-state index is 12.9. The molecule has 172 valence electrons. The topological polar surface area (TPSA) is 50.5 Å². The van der Waals surface area contributed by atoms with Crippen molar-refractivity contribution in [1.29, 1.82) is 0 Å². The Labute approximate surface area is 194 Å². The average Bonchev–Trinajstić information content (AvgIpc) is 3.33. The molecule has 0 bridgehead atoms. The Bertz CT molecular complexity index is 1270. The summed E-state index contributed by atoms with van der Waals surface area (Å²) in [5.74, 6) is -0.240. The quantitative estimate of drug-likeness (QED) is 0.446. The second-order valence-electron chi connectivity index (χ2n) is 7.74. The van der Waals surface area contributed by atoms with Crippen LogP contribution in [0, 0.1) is 6.92 Å². The van der Waals surface area contributed by atoms with E-state index in [2.05, 4.69) is 10.1 Å². The summed E-state index contributed by atoms with van der Waals surface area (Å²) in [5, 5.41) is 6.02. The van der Waals surface area contributed by atoms with Gasteiger partial charge < -0.3 is 4.90 Å². The highest BCUT2D eigenvalue weighted by Crippen LogP contribution is 2.32. The SMILES string of the molecule is CCN(CC)C1=NC(=O)C(=Cc2ccc3c(cnn3Cc3ccc(C(F)(F)F)cc3C)c2)S1. The van der Waals surface area contributed by atoms with Gasteiger partial charge in [-0.15, -0.1) is 0 Å². The van der Waals surface area contributed by atoms with Gasteiger partial charge in [0.05, 0.1) is 28.7 Å². The van der Waals surface area contributed by atoms with Gasteiger partial charge in [0.25, 0.3) is 5.91 Å². The molecule has 2 heterocycles. The number of carbonyl (C=O) groups excluding carboxylic acids is 1. The molecular weight excluding hydrogens is 449 g/mol. The molecule has 0 N–H and O–H groups in total. The van der Waals surface area contributed by atoms with Gasteiger partial charge in [0.1, 0.15) is 0 Å². The Kier molecular flexibility index (Phi) is 6.34. The lowest BCUT2D eigenvalue weighted by atomic mass is 10.0. The lowest BCUT2D eigenvalue weighted by Crippen LogP contribution is -2.26. The van der Waals surface area contributed by atoms with Crippen molar-refractivity contribution >= 4 is 39.8 Å². The van der Waals surface area contributed by atoms with Gasteiger partial charge in [0, 0.05) is 18.5 Å². The normalized spacial score (nSPS) is 15.5. The first-order valence-corrected chi connectivity index (χ1v) is 11.4. The second kappa shape index (κ2) is 9.05. The number of fused-ring (bicyclic) bond motifs is 1. The lowest BCUT2D eigenvalue weighted by molar-refractivity contribution is -0.137. The van der Waals surface area contributed by atoms with Crippen LogP contribution in [0.3, 0.4) is 0 Å². The molecule has 2 aromatic carbocycles. The number of aliphatic imine (C=N–C) groups is 1. The molecule has 0 fully saturated rings. The van der Waals surface area contributed by atoms with E-state index < -0.39 is 11.7 Å². The third kappa shape index (κ3) is 4.83. The van der Waals surface area contributed by atoms with Crippen LogP contribution in [-0.2, 0) is 17.5 Å². The largest absolute Gasteiger partial charge is 0.416 e. The first kappa shape index (κ1) is 23.1. The second-order valence-corrected chi connectivity index (χ2v) is 8.75. The number of aromatic nitrogens is 2. The number of nitrogens with zero attached hydrogens (tertiary/aromatic N) is 4. The van der Waals surface area contributed by atoms with Gasteiger partial charge in [-0.25, -0.2) is 0 Å². The number of carbonyl (C=O) groups is 1. The highest BCUT2D eigenvalue weighted by atomic mass is 32.2. The van der Waals surface area contributed by atoms with Crippen molar-refractivity contribution in [2.75, 3.05) is 13.1 Å². The van der Waals surface area contributed by atoms with Gasteiger partial charge in [0.15, 0.2) is 5.17 Å². The molecule has 9 heteroatoms. The zero-order valence-electron chi connectivity index (χ0n) is 18.5. The van der Waals surface area contributed by atoms with Crippen molar-refractivity contribution in [2.24, 2.45) is 4.99 Å². The summed E-state index contributed by atoms with van der Waals surface area (Å²) in [5.41, 5.74) is 2.41. The molecule has 3 aromatic rings. The van der Waals surface area contributed by atoms with E-state index in [1.807, 2.05) is 43.0 Å². The predicted molar refractivity (Wildman–Crippen MR) is 126 cm³/mol. The zero-order valence-corrected chi connectivity index (χ0v) is 19.3. The molecule has 0 unspecified atom stereocenters. The molecule has 0 saturated carbocycles. The molecule has 0 atom stereocenters. The zero-order chi connectivity index (χ0) is 23.8. The summed E-state index contributed by atoms with van der Waals surface area (Å²) in [6.45, 7) is 7.65. The number of rotatable bonds is 5. The summed E-state index contributed by atoms with van der Waals surface area (Å²) in [6, 6.07) is 9.51. The van der Waals surface area contributed by atoms with Gasteiger partial charge >= 0.3 is 6.18 Å². The standard InChI is InChI=1S/C24H23F3N4OS/c1-4-30(5-2)23-29-22(32)21(33-23)12-16-6-9-20-18(11-16)13-28-31(20)14-17-7-8-19(10-15(17)3)24(25,26)27/h6-13H,4-5,14H2,1-3H3. The summed E-state index contributed by atoms with van der Waals surface area (Å²) in [7, 11) is 0. The first-order chi connectivity index (χ1) is 15.7. The van der Waals surface area contributed by atoms with Crippen molar-refractivity contribution in [3.63, 3.8) is 0 Å². The van der Waals surface area contributed by atoms with E-state index in [1.165, 1.54) is 17.8 Å². The summed E-state index contributed by atoms with van der Waals surface area (Å²) in [4.78, 5) is 19.1. The number of benzene rings is 2. The van der Waals surface area contributed by atoms with Crippen LogP contribution in [0.4, 0.5) is 13.2 Å². The number of hydrogen-bond donors (Lipinski definition) is 0. The molecule has 1 aliphatic heterocycles. The smallest absolute Gasteiger partial charge is 0.351 e. The minimum Gasteiger partial charge on any atom is -0.351 e. The van der Waals surface area contributed by atoms with Crippen LogP contribution in [0.5, 0.6) is 0 Å². The van der Waals surface area contributed by atoms with E-state index in [-0.39, 0.29) is 5.91 Å². The molecule has 0 saturated heterocycles. The number of aryl methyl sites for hydroxylation is 1. The lowest BCUT2D eigenvalue weighted by Gasteiger charge is -2.18. The molecule has 5 nitrogen and oxygen atoms in total. The molecule has 0 aliphatic carbocycles. The van der Waals surface area contributed by atoms with Gasteiger partial charge in [-0.1, -0.05) is 12.1 Å². The van der Waals surface area contributed by atoms with Crippen LogP contribution in [0.1, 0.15) is 36.1 Å². The Hall–Kier alpha value is -3.07. The van der Waals surface area contributed by atoms with Crippen LogP contribution in [-0.4, -0.2) is 38.8 Å². The Morgan fingerprint density at radius 3 is 2.55 bits per heavy atom. The summed E-state index contributed by atoms with van der Waals surface area (Å²) >= 11 is 1.37. The van der Waals surface area contributed by atoms with Crippen molar-refractivity contribution in [1.82, 2.24) is 14.7 Å². The fourth-order valence-corrected chi connectivity index (χ4v) is 4.75. The minimum atomic E-state index is -4.36. The van der Waals surface area contributed by atoms with E-state index >= 15 is 0 Å². The average molecular weight is 473 g/mol. The van der Waals surface area contributed by atoms with Crippen molar-refractivity contribution < 1.29 is 18.0 Å². The predicted octanol–water partition coefficient (Wildman–Crippen LogP) is 5.72. The maximum Gasteiger partial charge on any atom is 0.416 e. The molecule has 0 spiro atoms. The fourth-order valence-electron chi connectivity index (χ4n) is 3.71. The fraction of sp³-hybridized carbons (Fsp3) is 0.292.